The number of ether oxygens (including phenoxy) is 2. The summed E-state index contributed by atoms with van der Waals surface area (Å²) in [6.07, 6.45) is 2.13. The van der Waals surface area contributed by atoms with Crippen LogP contribution in [0.2, 0.25) is 0 Å². The fourth-order valence-electron chi connectivity index (χ4n) is 4.76. The number of hydrogen-bond acceptors (Lipinski definition) is 3. The molecule has 0 aromatic heterocycles. The lowest BCUT2D eigenvalue weighted by molar-refractivity contribution is -0.132. The van der Waals surface area contributed by atoms with E-state index in [1.807, 2.05) is 61.5 Å². The minimum Gasteiger partial charge on any atom is -0.490 e. The molecule has 4 nitrogen and oxygen atoms in total. The third-order valence-electron chi connectivity index (χ3n) is 6.58. The van der Waals surface area contributed by atoms with Crippen LogP contribution in [0.4, 0.5) is 0 Å². The highest BCUT2D eigenvalue weighted by molar-refractivity contribution is 6.01. The van der Waals surface area contributed by atoms with E-state index in [1.165, 1.54) is 27.8 Å². The van der Waals surface area contributed by atoms with Gasteiger partial charge in [0, 0.05) is 19.6 Å². The first-order valence-electron chi connectivity index (χ1n) is 12.8. The maximum absolute atomic E-state index is 12.8. The van der Waals surface area contributed by atoms with Gasteiger partial charge >= 0.3 is 0 Å². The molecule has 1 unspecified atom stereocenters. The van der Waals surface area contributed by atoms with Crippen LogP contribution < -0.4 is 10.1 Å². The molecule has 0 fully saturated rings. The summed E-state index contributed by atoms with van der Waals surface area (Å²) in [5.41, 5.74) is 8.33. The van der Waals surface area contributed by atoms with E-state index < -0.39 is 6.10 Å². The molecular weight excluding hydrogens is 458 g/mol. The van der Waals surface area contributed by atoms with Gasteiger partial charge in [0.1, 0.15) is 18.5 Å². The molecule has 1 amide bonds. The van der Waals surface area contributed by atoms with Gasteiger partial charge < -0.3 is 14.8 Å². The molecule has 1 N–H and O–H groups in total. The smallest absolute Gasteiger partial charge is 0.249 e. The van der Waals surface area contributed by atoms with Crippen LogP contribution in [0, 0.1) is 0 Å². The minimum absolute atomic E-state index is 0.102. The maximum Gasteiger partial charge on any atom is 0.249 e. The second-order valence-electron chi connectivity index (χ2n) is 9.02. The van der Waals surface area contributed by atoms with Crippen LogP contribution in [0.15, 0.2) is 109 Å². The average Bonchev–Trinajstić information content (AvgIpc) is 3.27. The van der Waals surface area contributed by atoms with Crippen molar-refractivity contribution in [1.82, 2.24) is 5.32 Å². The molecule has 1 aliphatic carbocycles. The molecule has 186 valence electrons. The van der Waals surface area contributed by atoms with Crippen LogP contribution in [0.3, 0.4) is 0 Å². The van der Waals surface area contributed by atoms with Gasteiger partial charge in [-0.1, -0.05) is 91.0 Å². The zero-order chi connectivity index (χ0) is 25.5. The Morgan fingerprint density at radius 1 is 0.757 bits per heavy atom. The summed E-state index contributed by atoms with van der Waals surface area (Å²) in [6, 6.07) is 34.8. The van der Waals surface area contributed by atoms with Crippen LogP contribution >= 0.6 is 0 Å². The first-order valence-corrected chi connectivity index (χ1v) is 12.8. The normalized spacial score (nSPS) is 12.4. The van der Waals surface area contributed by atoms with E-state index in [2.05, 4.69) is 59.9 Å². The lowest BCUT2D eigenvalue weighted by Gasteiger charge is -2.17. The summed E-state index contributed by atoms with van der Waals surface area (Å²) < 4.78 is 11.8. The Bertz CT molecular complexity index is 1330. The van der Waals surface area contributed by atoms with E-state index in [1.54, 1.807) is 0 Å². The summed E-state index contributed by atoms with van der Waals surface area (Å²) >= 11 is 0. The Hall–Kier alpha value is -4.15. The Kier molecular flexibility index (Phi) is 7.78. The van der Waals surface area contributed by atoms with Gasteiger partial charge in [0.2, 0.25) is 5.91 Å². The number of amides is 1. The van der Waals surface area contributed by atoms with Gasteiger partial charge in [-0.3, -0.25) is 4.79 Å². The Balaban J connectivity index is 1.19. The van der Waals surface area contributed by atoms with Crippen LogP contribution in [0.5, 0.6) is 5.75 Å². The number of fused-ring (bicyclic) bond motifs is 3. The average molecular weight is 490 g/mol. The Morgan fingerprint density at radius 2 is 1.35 bits per heavy atom. The zero-order valence-corrected chi connectivity index (χ0v) is 21.0. The molecule has 0 aliphatic heterocycles. The molecule has 0 bridgehead atoms. The van der Waals surface area contributed by atoms with Crippen molar-refractivity contribution in [2.45, 2.75) is 26.0 Å². The number of nitrogens with one attached hydrogen (secondary N) is 1. The number of benzene rings is 4. The molecule has 1 atom stereocenters. The molecule has 0 heterocycles. The van der Waals surface area contributed by atoms with Gasteiger partial charge in [0.25, 0.3) is 0 Å². The molecular formula is C33H31NO3. The maximum atomic E-state index is 12.8. The van der Waals surface area contributed by atoms with Gasteiger partial charge in [-0.15, -0.1) is 0 Å². The SMILES string of the molecule is CCOC(Cc1ccc(OCC=C2c3ccccc3-c3ccccc32)cc1)C(=O)NCc1ccccc1. The Labute approximate surface area is 218 Å². The molecule has 4 aromatic rings. The van der Waals surface area contributed by atoms with Gasteiger partial charge in [-0.2, -0.15) is 0 Å². The molecule has 0 spiro atoms. The number of hydrogen-bond donors (Lipinski definition) is 1. The van der Waals surface area contributed by atoms with E-state index in [0.29, 0.717) is 26.2 Å². The van der Waals surface area contributed by atoms with Crippen LogP contribution in [-0.4, -0.2) is 25.2 Å². The lowest BCUT2D eigenvalue weighted by Crippen LogP contribution is -2.37. The summed E-state index contributed by atoms with van der Waals surface area (Å²) in [4.78, 5) is 12.8. The molecule has 4 aromatic carbocycles. The number of rotatable bonds is 10. The zero-order valence-electron chi connectivity index (χ0n) is 21.0. The molecule has 0 saturated heterocycles. The van der Waals surface area contributed by atoms with E-state index >= 15 is 0 Å². The monoisotopic (exact) mass is 489 g/mol. The van der Waals surface area contributed by atoms with E-state index in [0.717, 1.165) is 16.9 Å². The highest BCUT2D eigenvalue weighted by atomic mass is 16.5. The summed E-state index contributed by atoms with van der Waals surface area (Å²) in [7, 11) is 0. The predicted molar refractivity (Wildman–Crippen MR) is 148 cm³/mol. The summed E-state index contributed by atoms with van der Waals surface area (Å²) in [5, 5.41) is 2.99. The van der Waals surface area contributed by atoms with Crippen LogP contribution in [-0.2, 0) is 22.5 Å². The largest absolute Gasteiger partial charge is 0.490 e. The molecule has 0 radical (unpaired) electrons. The van der Waals surface area contributed by atoms with Crippen molar-refractivity contribution in [3.05, 3.63) is 131 Å². The van der Waals surface area contributed by atoms with Crippen molar-refractivity contribution >= 4 is 11.5 Å². The second-order valence-corrected chi connectivity index (χ2v) is 9.02. The number of carbonyl (C=O) groups excluding carboxylic acids is 1. The Morgan fingerprint density at radius 3 is 1.97 bits per heavy atom. The molecule has 4 heteroatoms. The number of carbonyl (C=O) groups is 1. The van der Waals surface area contributed by atoms with Crippen LogP contribution in [0.25, 0.3) is 16.7 Å². The fraction of sp³-hybridized carbons (Fsp3) is 0.182. The molecule has 5 rings (SSSR count). The van der Waals surface area contributed by atoms with Crippen molar-refractivity contribution in [2.24, 2.45) is 0 Å². The van der Waals surface area contributed by atoms with E-state index in [9.17, 15) is 4.79 Å². The second kappa shape index (κ2) is 11.7. The molecule has 1 aliphatic rings. The first kappa shape index (κ1) is 24.5. The van der Waals surface area contributed by atoms with Crippen LogP contribution in [0.1, 0.15) is 29.2 Å². The van der Waals surface area contributed by atoms with Crippen molar-refractivity contribution in [3.63, 3.8) is 0 Å². The van der Waals surface area contributed by atoms with Crippen molar-refractivity contribution in [3.8, 4) is 16.9 Å². The predicted octanol–water partition coefficient (Wildman–Crippen LogP) is 6.44. The van der Waals surface area contributed by atoms with Gasteiger partial charge in [-0.05, 0) is 64.1 Å². The van der Waals surface area contributed by atoms with Gasteiger partial charge in [0.15, 0.2) is 0 Å². The highest BCUT2D eigenvalue weighted by Crippen LogP contribution is 2.43. The summed E-state index contributed by atoms with van der Waals surface area (Å²) in [5.74, 6) is 0.691. The van der Waals surface area contributed by atoms with E-state index in [-0.39, 0.29) is 5.91 Å². The third kappa shape index (κ3) is 5.82. The van der Waals surface area contributed by atoms with Crippen molar-refractivity contribution < 1.29 is 14.3 Å². The fourth-order valence-corrected chi connectivity index (χ4v) is 4.76. The minimum atomic E-state index is -0.535. The van der Waals surface area contributed by atoms with E-state index in [4.69, 9.17) is 9.47 Å². The standard InChI is InChI=1S/C33H31NO3/c1-2-36-32(33(35)34-23-25-10-4-3-5-11-25)22-24-16-18-26(19-17-24)37-21-20-31-29-14-8-6-12-27(29)28-13-7-9-15-30(28)31/h3-20,32H,2,21-23H2,1H3,(H,34,35). The third-order valence-corrected chi connectivity index (χ3v) is 6.58. The van der Waals surface area contributed by atoms with Crippen molar-refractivity contribution in [1.29, 1.82) is 0 Å². The van der Waals surface area contributed by atoms with Gasteiger partial charge in [-0.25, -0.2) is 0 Å². The highest BCUT2D eigenvalue weighted by Gasteiger charge is 2.22. The van der Waals surface area contributed by atoms with Gasteiger partial charge in [0.05, 0.1) is 0 Å². The topological polar surface area (TPSA) is 47.6 Å². The van der Waals surface area contributed by atoms with Crippen molar-refractivity contribution in [2.75, 3.05) is 13.2 Å². The summed E-state index contributed by atoms with van der Waals surface area (Å²) in [6.45, 7) is 3.34. The quantitative estimate of drug-likeness (QED) is 0.246. The molecule has 37 heavy (non-hydrogen) atoms. The molecule has 0 saturated carbocycles. The lowest BCUT2D eigenvalue weighted by atomic mass is 10.0. The first-order chi connectivity index (χ1) is 18.2.